The first kappa shape index (κ1) is 12.4. The molecule has 0 aliphatic heterocycles. The molecule has 0 saturated carbocycles. The third kappa shape index (κ3) is 4.58. The van der Waals surface area contributed by atoms with Gasteiger partial charge in [-0.3, -0.25) is 4.79 Å². The van der Waals surface area contributed by atoms with E-state index in [1.54, 1.807) is 18.7 Å². The molecule has 1 aromatic carbocycles. The molecule has 4 heteroatoms. The Labute approximate surface area is 98.6 Å². The number of hydrogen-bond acceptors (Lipinski definition) is 2. The van der Waals surface area contributed by atoms with E-state index in [0.29, 0.717) is 5.75 Å². The van der Waals surface area contributed by atoms with E-state index in [2.05, 4.69) is 0 Å². The van der Waals surface area contributed by atoms with Gasteiger partial charge in [0.25, 0.3) is 0 Å². The molecule has 0 heterocycles. The van der Waals surface area contributed by atoms with E-state index in [0.717, 1.165) is 10.8 Å². The van der Waals surface area contributed by atoms with Crippen molar-refractivity contribution in [3.05, 3.63) is 34.9 Å². The van der Waals surface area contributed by atoms with E-state index in [1.807, 2.05) is 24.3 Å². The highest BCUT2D eigenvalue weighted by atomic mass is 35.5. The molecule has 1 atom stereocenters. The Bertz CT molecular complexity index is 324. The molecule has 0 aliphatic carbocycles. The minimum atomic E-state index is -0.737. The Morgan fingerprint density at radius 3 is 2.60 bits per heavy atom. The maximum absolute atomic E-state index is 10.6. The van der Waals surface area contributed by atoms with Gasteiger partial charge in [0, 0.05) is 16.5 Å². The van der Waals surface area contributed by atoms with E-state index in [-0.39, 0.29) is 5.92 Å². The van der Waals surface area contributed by atoms with Crippen molar-refractivity contribution in [3.63, 3.8) is 0 Å². The third-order valence-corrected chi connectivity index (χ3v) is 3.50. The maximum atomic E-state index is 10.6. The number of thioether (sulfide) groups is 1. The summed E-state index contributed by atoms with van der Waals surface area (Å²) in [6.45, 7) is 1.72. The Morgan fingerprint density at radius 1 is 1.47 bits per heavy atom. The first-order chi connectivity index (χ1) is 7.09. The Balaban J connectivity index is 2.32. The van der Waals surface area contributed by atoms with Gasteiger partial charge < -0.3 is 5.11 Å². The predicted octanol–water partition coefficient (Wildman–Crippen LogP) is 3.29. The van der Waals surface area contributed by atoms with Crippen molar-refractivity contribution in [3.8, 4) is 0 Å². The molecule has 1 aromatic rings. The fraction of sp³-hybridized carbons (Fsp3) is 0.364. The standard InChI is InChI=1S/C11H13ClO2S/c1-8(11(13)14)6-15-7-9-2-4-10(12)5-3-9/h2-5,8H,6-7H2,1H3,(H,13,14). The molecule has 0 bridgehead atoms. The predicted molar refractivity (Wildman–Crippen MR) is 64.4 cm³/mol. The Hall–Kier alpha value is -0.670. The average molecular weight is 245 g/mol. The quantitative estimate of drug-likeness (QED) is 0.864. The molecule has 0 spiro atoms. The van der Waals surface area contributed by atoms with Gasteiger partial charge >= 0.3 is 5.97 Å². The van der Waals surface area contributed by atoms with Crippen LogP contribution in [0.4, 0.5) is 0 Å². The topological polar surface area (TPSA) is 37.3 Å². The van der Waals surface area contributed by atoms with Gasteiger partial charge in [-0.1, -0.05) is 30.7 Å². The SMILES string of the molecule is CC(CSCc1ccc(Cl)cc1)C(=O)O. The highest BCUT2D eigenvalue weighted by Crippen LogP contribution is 2.17. The van der Waals surface area contributed by atoms with Crippen LogP contribution in [0.3, 0.4) is 0 Å². The Morgan fingerprint density at radius 2 is 2.07 bits per heavy atom. The first-order valence-corrected chi connectivity index (χ1v) is 6.18. The summed E-state index contributed by atoms with van der Waals surface area (Å²) in [5.74, 6) is 0.438. The minimum Gasteiger partial charge on any atom is -0.481 e. The summed E-state index contributed by atoms with van der Waals surface area (Å²) >= 11 is 7.38. The van der Waals surface area contributed by atoms with Crippen molar-refractivity contribution in [1.82, 2.24) is 0 Å². The van der Waals surface area contributed by atoms with Crippen LogP contribution in [0, 0.1) is 5.92 Å². The van der Waals surface area contributed by atoms with Crippen LogP contribution < -0.4 is 0 Å². The molecule has 0 aromatic heterocycles. The maximum Gasteiger partial charge on any atom is 0.307 e. The van der Waals surface area contributed by atoms with E-state index >= 15 is 0 Å². The summed E-state index contributed by atoms with van der Waals surface area (Å²) in [6, 6.07) is 7.61. The van der Waals surface area contributed by atoms with Crippen LogP contribution in [0.15, 0.2) is 24.3 Å². The molecule has 15 heavy (non-hydrogen) atoms. The zero-order valence-electron chi connectivity index (χ0n) is 8.44. The van der Waals surface area contributed by atoms with Crippen LogP contribution in [0.25, 0.3) is 0 Å². The normalized spacial score (nSPS) is 12.4. The number of carboxylic acids is 1. The van der Waals surface area contributed by atoms with Gasteiger partial charge in [-0.25, -0.2) is 0 Å². The van der Waals surface area contributed by atoms with E-state index in [1.165, 1.54) is 5.56 Å². The second kappa shape index (κ2) is 6.03. The summed E-state index contributed by atoms with van der Waals surface area (Å²) in [4.78, 5) is 10.6. The lowest BCUT2D eigenvalue weighted by molar-refractivity contribution is -0.140. The van der Waals surface area contributed by atoms with E-state index < -0.39 is 5.97 Å². The lowest BCUT2D eigenvalue weighted by atomic mass is 10.2. The van der Waals surface area contributed by atoms with E-state index in [9.17, 15) is 4.79 Å². The van der Waals surface area contributed by atoms with Crippen molar-refractivity contribution in [1.29, 1.82) is 0 Å². The van der Waals surface area contributed by atoms with Crippen molar-refractivity contribution < 1.29 is 9.90 Å². The van der Waals surface area contributed by atoms with Gasteiger partial charge in [0.2, 0.25) is 0 Å². The molecule has 82 valence electrons. The van der Waals surface area contributed by atoms with Gasteiger partial charge in [-0.05, 0) is 17.7 Å². The second-order valence-corrected chi connectivity index (χ2v) is 4.85. The number of rotatable bonds is 5. The molecule has 1 rings (SSSR count). The van der Waals surface area contributed by atoms with Crippen LogP contribution in [0.1, 0.15) is 12.5 Å². The summed E-state index contributed by atoms with van der Waals surface area (Å²) in [7, 11) is 0. The minimum absolute atomic E-state index is 0.290. The molecular formula is C11H13ClO2S. The van der Waals surface area contributed by atoms with Crippen molar-refractivity contribution >= 4 is 29.3 Å². The third-order valence-electron chi connectivity index (χ3n) is 1.97. The fourth-order valence-corrected chi connectivity index (χ4v) is 2.17. The number of hydrogen-bond donors (Lipinski definition) is 1. The number of benzene rings is 1. The molecule has 0 aliphatic rings. The van der Waals surface area contributed by atoms with Gasteiger partial charge in [0.1, 0.15) is 0 Å². The molecule has 0 saturated heterocycles. The van der Waals surface area contributed by atoms with E-state index in [4.69, 9.17) is 16.7 Å². The summed E-state index contributed by atoms with van der Waals surface area (Å²) in [5.41, 5.74) is 1.17. The zero-order chi connectivity index (χ0) is 11.3. The molecule has 0 fully saturated rings. The number of halogens is 1. The summed E-state index contributed by atoms with van der Waals surface area (Å²) in [5, 5.41) is 9.41. The highest BCUT2D eigenvalue weighted by Gasteiger charge is 2.10. The van der Waals surface area contributed by atoms with Crippen LogP contribution in [0.5, 0.6) is 0 Å². The summed E-state index contributed by atoms with van der Waals surface area (Å²) < 4.78 is 0. The second-order valence-electron chi connectivity index (χ2n) is 3.38. The van der Waals surface area contributed by atoms with Crippen molar-refractivity contribution in [2.45, 2.75) is 12.7 Å². The largest absolute Gasteiger partial charge is 0.481 e. The van der Waals surface area contributed by atoms with Gasteiger partial charge in [-0.15, -0.1) is 0 Å². The van der Waals surface area contributed by atoms with Gasteiger partial charge in [-0.2, -0.15) is 11.8 Å². The smallest absolute Gasteiger partial charge is 0.307 e. The lowest BCUT2D eigenvalue weighted by Crippen LogP contribution is -2.11. The van der Waals surface area contributed by atoms with Crippen molar-refractivity contribution in [2.24, 2.45) is 5.92 Å². The molecule has 0 radical (unpaired) electrons. The molecule has 0 amide bonds. The molecule has 1 N–H and O–H groups in total. The van der Waals surface area contributed by atoms with Gasteiger partial charge in [0.15, 0.2) is 0 Å². The Kier molecular flexibility index (Phi) is 4.99. The lowest BCUT2D eigenvalue weighted by Gasteiger charge is -2.05. The number of carbonyl (C=O) groups is 1. The van der Waals surface area contributed by atoms with Crippen LogP contribution in [-0.4, -0.2) is 16.8 Å². The monoisotopic (exact) mass is 244 g/mol. The zero-order valence-corrected chi connectivity index (χ0v) is 10.0. The van der Waals surface area contributed by atoms with Crippen LogP contribution in [0.2, 0.25) is 5.02 Å². The fourth-order valence-electron chi connectivity index (χ4n) is 1.01. The molecule has 1 unspecified atom stereocenters. The van der Waals surface area contributed by atoms with Crippen LogP contribution in [-0.2, 0) is 10.5 Å². The number of carboxylic acid groups (broad SMARTS) is 1. The molecule has 2 nitrogen and oxygen atoms in total. The molecular weight excluding hydrogens is 232 g/mol. The van der Waals surface area contributed by atoms with Crippen molar-refractivity contribution in [2.75, 3.05) is 5.75 Å². The van der Waals surface area contributed by atoms with Gasteiger partial charge in [0.05, 0.1) is 5.92 Å². The van der Waals surface area contributed by atoms with Crippen LogP contribution >= 0.6 is 23.4 Å². The number of aliphatic carboxylic acids is 1. The summed E-state index contributed by atoms with van der Waals surface area (Å²) in [6.07, 6.45) is 0. The first-order valence-electron chi connectivity index (χ1n) is 4.64. The average Bonchev–Trinajstić information content (AvgIpc) is 2.20. The highest BCUT2D eigenvalue weighted by molar-refractivity contribution is 7.98.